The molecule has 106 valence electrons. The molecule has 1 amide bonds. The van der Waals surface area contributed by atoms with Gasteiger partial charge in [-0.25, -0.2) is 0 Å². The molecule has 1 atom stereocenters. The number of nitrogens with zero attached hydrogens (tertiary/aromatic N) is 2. The topological polar surface area (TPSA) is 90.9 Å². The van der Waals surface area contributed by atoms with Gasteiger partial charge in [-0.3, -0.25) is 14.9 Å². The van der Waals surface area contributed by atoms with Crippen molar-refractivity contribution in [3.8, 4) is 11.3 Å². The highest BCUT2D eigenvalue weighted by atomic mass is 16.3. The molecule has 2 aromatic heterocycles. The van der Waals surface area contributed by atoms with Crippen LogP contribution in [0.25, 0.3) is 11.3 Å². The van der Waals surface area contributed by atoms with Crippen LogP contribution in [0.3, 0.4) is 0 Å². The molecular formula is C14H18N4O2. The van der Waals surface area contributed by atoms with Crippen LogP contribution in [0.1, 0.15) is 24.3 Å². The van der Waals surface area contributed by atoms with Crippen molar-refractivity contribution in [3.63, 3.8) is 0 Å². The second-order valence-electron chi connectivity index (χ2n) is 4.92. The number of carbonyl (C=O) groups excluding carboxylic acids is 1. The molecule has 0 fully saturated rings. The zero-order chi connectivity index (χ0) is 14.5. The zero-order valence-electron chi connectivity index (χ0n) is 11.5. The van der Waals surface area contributed by atoms with Crippen LogP contribution in [-0.2, 0) is 0 Å². The van der Waals surface area contributed by atoms with Crippen molar-refractivity contribution >= 4 is 5.91 Å². The smallest absolute Gasteiger partial charge is 0.269 e. The summed E-state index contributed by atoms with van der Waals surface area (Å²) in [6, 6.07) is 5.08. The molecule has 0 aliphatic rings. The summed E-state index contributed by atoms with van der Waals surface area (Å²) in [7, 11) is 0. The minimum absolute atomic E-state index is 0.0903. The maximum atomic E-state index is 12.1. The maximum Gasteiger partial charge on any atom is 0.269 e. The lowest BCUT2D eigenvalue weighted by molar-refractivity contribution is 0.0892. The number of hydrogen-bond acceptors (Lipinski definition) is 4. The summed E-state index contributed by atoms with van der Waals surface area (Å²) >= 11 is 0. The van der Waals surface area contributed by atoms with E-state index in [-0.39, 0.29) is 24.5 Å². The van der Waals surface area contributed by atoms with Crippen LogP contribution >= 0.6 is 0 Å². The molecule has 20 heavy (non-hydrogen) atoms. The fourth-order valence-corrected chi connectivity index (χ4v) is 1.77. The Morgan fingerprint density at radius 3 is 2.90 bits per heavy atom. The van der Waals surface area contributed by atoms with Crippen LogP contribution in [0.5, 0.6) is 0 Å². The van der Waals surface area contributed by atoms with Crippen LogP contribution in [0.4, 0.5) is 0 Å². The number of amides is 1. The van der Waals surface area contributed by atoms with E-state index in [1.54, 1.807) is 18.5 Å². The van der Waals surface area contributed by atoms with Crippen molar-refractivity contribution in [2.24, 2.45) is 5.92 Å². The first kappa shape index (κ1) is 14.2. The monoisotopic (exact) mass is 274 g/mol. The van der Waals surface area contributed by atoms with Crippen molar-refractivity contribution in [1.29, 1.82) is 0 Å². The molecule has 0 aliphatic carbocycles. The Bertz CT molecular complexity index is 566. The molecule has 0 aliphatic heterocycles. The lowest BCUT2D eigenvalue weighted by Crippen LogP contribution is -2.41. The number of carbonyl (C=O) groups is 1. The van der Waals surface area contributed by atoms with E-state index in [9.17, 15) is 9.90 Å². The average molecular weight is 274 g/mol. The Morgan fingerprint density at radius 2 is 2.30 bits per heavy atom. The highest BCUT2D eigenvalue weighted by Crippen LogP contribution is 2.16. The molecular weight excluding hydrogens is 256 g/mol. The molecule has 1 unspecified atom stereocenters. The van der Waals surface area contributed by atoms with Crippen molar-refractivity contribution < 1.29 is 9.90 Å². The van der Waals surface area contributed by atoms with Crippen LogP contribution < -0.4 is 5.32 Å². The van der Waals surface area contributed by atoms with Gasteiger partial charge >= 0.3 is 0 Å². The largest absolute Gasteiger partial charge is 0.394 e. The van der Waals surface area contributed by atoms with Gasteiger partial charge in [0, 0.05) is 18.0 Å². The van der Waals surface area contributed by atoms with Crippen LogP contribution in [-0.4, -0.2) is 38.8 Å². The third kappa shape index (κ3) is 3.21. The van der Waals surface area contributed by atoms with E-state index in [0.29, 0.717) is 11.4 Å². The van der Waals surface area contributed by atoms with E-state index in [2.05, 4.69) is 20.5 Å². The number of pyridine rings is 1. The summed E-state index contributed by atoms with van der Waals surface area (Å²) < 4.78 is 0. The molecule has 2 aromatic rings. The lowest BCUT2D eigenvalue weighted by Gasteiger charge is -2.19. The predicted octanol–water partition coefficient (Wildman–Crippen LogP) is 1.22. The first-order valence-electron chi connectivity index (χ1n) is 6.49. The number of H-pyrrole nitrogens is 1. The fourth-order valence-electron chi connectivity index (χ4n) is 1.77. The third-order valence-electron chi connectivity index (χ3n) is 3.10. The molecule has 2 heterocycles. The number of aliphatic hydroxyl groups excluding tert-OH is 1. The standard InChI is InChI=1S/C14H18N4O2/c1-9(2)13(8-19)16-14(20)12-6-11(17-18-12)10-4-3-5-15-7-10/h3-7,9,13,19H,8H2,1-2H3,(H,16,20)(H,17,18). The van der Waals surface area contributed by atoms with Gasteiger partial charge in [0.15, 0.2) is 0 Å². The van der Waals surface area contributed by atoms with Crippen molar-refractivity contribution in [2.45, 2.75) is 19.9 Å². The molecule has 0 radical (unpaired) electrons. The number of nitrogens with one attached hydrogen (secondary N) is 2. The SMILES string of the molecule is CC(C)C(CO)NC(=O)c1cc(-c2cccnc2)n[nH]1. The van der Waals surface area contributed by atoms with Gasteiger partial charge < -0.3 is 10.4 Å². The number of aromatic amines is 1. The molecule has 2 rings (SSSR count). The van der Waals surface area contributed by atoms with Gasteiger partial charge in [-0.1, -0.05) is 13.8 Å². The first-order chi connectivity index (χ1) is 9.61. The van der Waals surface area contributed by atoms with E-state index in [0.717, 1.165) is 5.56 Å². The average Bonchev–Trinajstić information content (AvgIpc) is 2.95. The number of aromatic nitrogens is 3. The summed E-state index contributed by atoms with van der Waals surface area (Å²) in [5.41, 5.74) is 1.86. The maximum absolute atomic E-state index is 12.1. The van der Waals surface area contributed by atoms with Crippen LogP contribution in [0, 0.1) is 5.92 Å². The lowest BCUT2D eigenvalue weighted by atomic mass is 10.1. The summed E-state index contributed by atoms with van der Waals surface area (Å²) in [6.45, 7) is 3.79. The van der Waals surface area contributed by atoms with Crippen molar-refractivity contribution in [1.82, 2.24) is 20.5 Å². The molecule has 0 saturated carbocycles. The van der Waals surface area contributed by atoms with E-state index in [4.69, 9.17) is 0 Å². The molecule has 6 heteroatoms. The minimum atomic E-state index is -0.277. The highest BCUT2D eigenvalue weighted by molar-refractivity contribution is 5.93. The summed E-state index contributed by atoms with van der Waals surface area (Å²) in [5, 5.41) is 18.8. The van der Waals surface area contributed by atoms with Crippen LogP contribution in [0.15, 0.2) is 30.6 Å². The van der Waals surface area contributed by atoms with Crippen molar-refractivity contribution in [2.75, 3.05) is 6.61 Å². The number of hydrogen-bond donors (Lipinski definition) is 3. The van der Waals surface area contributed by atoms with Gasteiger partial charge in [0.25, 0.3) is 5.91 Å². The van der Waals surface area contributed by atoms with E-state index in [1.807, 2.05) is 26.0 Å². The van der Waals surface area contributed by atoms with Crippen LogP contribution in [0.2, 0.25) is 0 Å². The van der Waals surface area contributed by atoms with Gasteiger partial charge in [0.2, 0.25) is 0 Å². The Morgan fingerprint density at radius 1 is 1.50 bits per heavy atom. The molecule has 3 N–H and O–H groups in total. The zero-order valence-corrected chi connectivity index (χ0v) is 11.5. The quantitative estimate of drug-likeness (QED) is 0.764. The van der Waals surface area contributed by atoms with E-state index in [1.165, 1.54) is 0 Å². The van der Waals surface area contributed by atoms with E-state index >= 15 is 0 Å². The Labute approximate surface area is 117 Å². The molecule has 0 spiro atoms. The second-order valence-corrected chi connectivity index (χ2v) is 4.92. The third-order valence-corrected chi connectivity index (χ3v) is 3.10. The van der Waals surface area contributed by atoms with E-state index < -0.39 is 0 Å². The number of rotatable bonds is 5. The van der Waals surface area contributed by atoms with Gasteiger partial charge in [-0.15, -0.1) is 0 Å². The molecule has 0 saturated heterocycles. The summed E-state index contributed by atoms with van der Waals surface area (Å²) in [5.74, 6) is -0.120. The molecule has 0 aromatic carbocycles. The summed E-state index contributed by atoms with van der Waals surface area (Å²) in [6.07, 6.45) is 3.36. The second kappa shape index (κ2) is 6.29. The summed E-state index contributed by atoms with van der Waals surface area (Å²) in [4.78, 5) is 16.1. The Hall–Kier alpha value is -2.21. The highest BCUT2D eigenvalue weighted by Gasteiger charge is 2.18. The molecule has 0 bridgehead atoms. The Balaban J connectivity index is 2.11. The van der Waals surface area contributed by atoms with Gasteiger partial charge in [-0.2, -0.15) is 5.10 Å². The predicted molar refractivity (Wildman–Crippen MR) is 75.0 cm³/mol. The Kier molecular flexibility index (Phi) is 4.47. The number of aliphatic hydroxyl groups is 1. The normalized spacial score (nSPS) is 12.4. The fraction of sp³-hybridized carbons (Fsp3) is 0.357. The van der Waals surface area contributed by atoms with Crippen molar-refractivity contribution in [3.05, 3.63) is 36.3 Å². The minimum Gasteiger partial charge on any atom is -0.394 e. The molecule has 6 nitrogen and oxygen atoms in total. The first-order valence-corrected chi connectivity index (χ1v) is 6.49. The van der Waals surface area contributed by atoms with Gasteiger partial charge in [-0.05, 0) is 24.1 Å². The van der Waals surface area contributed by atoms with Gasteiger partial charge in [0.1, 0.15) is 5.69 Å². The van der Waals surface area contributed by atoms with Gasteiger partial charge in [0.05, 0.1) is 18.3 Å².